The van der Waals surface area contributed by atoms with Gasteiger partial charge < -0.3 is 5.73 Å². The van der Waals surface area contributed by atoms with Crippen LogP contribution >= 0.6 is 0 Å². The molecule has 0 aliphatic rings. The van der Waals surface area contributed by atoms with Gasteiger partial charge in [-0.3, -0.25) is 0 Å². The first kappa shape index (κ1) is 14.2. The average Bonchev–Trinajstić information content (AvgIpc) is 2.27. The highest BCUT2D eigenvalue weighted by atomic mass is 32.2. The quantitative estimate of drug-likeness (QED) is 0.761. The van der Waals surface area contributed by atoms with Crippen LogP contribution in [0.2, 0.25) is 0 Å². The van der Waals surface area contributed by atoms with Crippen LogP contribution in [0.4, 0.5) is 0 Å². The molecule has 0 fully saturated rings. The molecule has 0 spiro atoms. The second kappa shape index (κ2) is 6.74. The topological polar surface area (TPSA) is 72.2 Å². The van der Waals surface area contributed by atoms with Crippen molar-refractivity contribution in [3.8, 4) is 0 Å². The zero-order chi connectivity index (χ0) is 12.7. The van der Waals surface area contributed by atoms with Crippen molar-refractivity contribution < 1.29 is 8.42 Å². The number of nitrogens with two attached hydrogens (primary N) is 1. The van der Waals surface area contributed by atoms with Crippen molar-refractivity contribution in [2.75, 3.05) is 12.3 Å². The van der Waals surface area contributed by atoms with Crippen LogP contribution in [0.5, 0.6) is 0 Å². The van der Waals surface area contributed by atoms with E-state index in [9.17, 15) is 8.42 Å². The monoisotopic (exact) mass is 256 g/mol. The second-order valence-corrected chi connectivity index (χ2v) is 6.14. The minimum Gasteiger partial charge on any atom is -0.328 e. The van der Waals surface area contributed by atoms with Crippen LogP contribution in [0.25, 0.3) is 0 Å². The highest BCUT2D eigenvalue weighted by Gasteiger charge is 2.09. The van der Waals surface area contributed by atoms with E-state index in [2.05, 4.69) is 4.72 Å². The summed E-state index contributed by atoms with van der Waals surface area (Å²) in [6.07, 6.45) is 1.19. The lowest BCUT2D eigenvalue weighted by Crippen LogP contribution is -2.31. The minimum absolute atomic E-state index is 0.0202. The Labute approximate surface area is 103 Å². The molecule has 0 saturated heterocycles. The van der Waals surface area contributed by atoms with Gasteiger partial charge in [-0.2, -0.15) is 0 Å². The fourth-order valence-electron chi connectivity index (χ4n) is 1.41. The van der Waals surface area contributed by atoms with Crippen molar-refractivity contribution in [1.82, 2.24) is 4.72 Å². The van der Waals surface area contributed by atoms with Crippen molar-refractivity contribution >= 4 is 10.0 Å². The van der Waals surface area contributed by atoms with Gasteiger partial charge >= 0.3 is 0 Å². The van der Waals surface area contributed by atoms with Gasteiger partial charge in [0, 0.05) is 12.6 Å². The Hall–Kier alpha value is -0.910. The lowest BCUT2D eigenvalue weighted by atomic mass is 10.2. The van der Waals surface area contributed by atoms with Gasteiger partial charge in [0.2, 0.25) is 10.0 Å². The van der Waals surface area contributed by atoms with Gasteiger partial charge in [0.1, 0.15) is 0 Å². The summed E-state index contributed by atoms with van der Waals surface area (Å²) in [5.41, 5.74) is 6.58. The van der Waals surface area contributed by atoms with Gasteiger partial charge in [-0.15, -0.1) is 0 Å². The molecule has 1 aromatic rings. The molecule has 1 rings (SSSR count). The van der Waals surface area contributed by atoms with E-state index in [1.807, 2.05) is 37.3 Å². The fraction of sp³-hybridized carbons (Fsp3) is 0.500. The molecule has 1 unspecified atom stereocenters. The van der Waals surface area contributed by atoms with Crippen LogP contribution in [0.1, 0.15) is 18.9 Å². The van der Waals surface area contributed by atoms with Crippen LogP contribution < -0.4 is 10.5 Å². The Morgan fingerprint density at radius 2 is 1.94 bits per heavy atom. The van der Waals surface area contributed by atoms with Gasteiger partial charge in [0.15, 0.2) is 0 Å². The maximum Gasteiger partial charge on any atom is 0.211 e. The molecule has 0 bridgehead atoms. The first-order chi connectivity index (χ1) is 7.99. The van der Waals surface area contributed by atoms with Gasteiger partial charge in [0.25, 0.3) is 0 Å². The van der Waals surface area contributed by atoms with Crippen LogP contribution in [0.15, 0.2) is 30.3 Å². The van der Waals surface area contributed by atoms with Crippen LogP contribution in [-0.2, 0) is 16.4 Å². The average molecular weight is 256 g/mol. The molecule has 4 nitrogen and oxygen atoms in total. The zero-order valence-electron chi connectivity index (χ0n) is 10.1. The van der Waals surface area contributed by atoms with E-state index in [0.717, 1.165) is 5.56 Å². The molecule has 1 atom stereocenters. The Bertz CT molecular complexity index is 415. The van der Waals surface area contributed by atoms with E-state index in [-0.39, 0.29) is 11.8 Å². The summed E-state index contributed by atoms with van der Waals surface area (Å²) in [6.45, 7) is 2.27. The van der Waals surface area contributed by atoms with Gasteiger partial charge in [-0.1, -0.05) is 30.3 Å². The molecule has 1 aromatic carbocycles. The SMILES string of the molecule is CC(N)CCNS(=O)(=O)CCc1ccccc1. The van der Waals surface area contributed by atoms with Crippen molar-refractivity contribution in [2.24, 2.45) is 5.73 Å². The van der Waals surface area contributed by atoms with Crippen LogP contribution in [-0.4, -0.2) is 26.8 Å². The van der Waals surface area contributed by atoms with E-state index in [1.165, 1.54) is 0 Å². The molecule has 0 aliphatic heterocycles. The Morgan fingerprint density at radius 3 is 2.53 bits per heavy atom. The molecule has 0 radical (unpaired) electrons. The molecule has 3 N–H and O–H groups in total. The number of sulfonamides is 1. The standard InChI is InChI=1S/C12H20N2O2S/c1-11(13)7-9-14-17(15,16)10-8-12-5-3-2-4-6-12/h2-6,11,14H,7-10,13H2,1H3. The van der Waals surface area contributed by atoms with E-state index in [1.54, 1.807) is 0 Å². The highest BCUT2D eigenvalue weighted by Crippen LogP contribution is 2.01. The maximum absolute atomic E-state index is 11.6. The van der Waals surface area contributed by atoms with E-state index < -0.39 is 10.0 Å². The highest BCUT2D eigenvalue weighted by molar-refractivity contribution is 7.89. The Kier molecular flexibility index (Phi) is 5.61. The summed E-state index contributed by atoms with van der Waals surface area (Å²) < 4.78 is 25.8. The van der Waals surface area contributed by atoms with Crippen molar-refractivity contribution in [2.45, 2.75) is 25.8 Å². The molecule has 17 heavy (non-hydrogen) atoms. The number of benzene rings is 1. The third-order valence-corrected chi connectivity index (χ3v) is 3.81. The van der Waals surface area contributed by atoms with Crippen LogP contribution in [0.3, 0.4) is 0 Å². The first-order valence-electron chi connectivity index (χ1n) is 5.76. The smallest absolute Gasteiger partial charge is 0.211 e. The van der Waals surface area contributed by atoms with E-state index in [4.69, 9.17) is 5.73 Å². The molecular formula is C12H20N2O2S. The number of hydrogen-bond donors (Lipinski definition) is 2. The normalized spacial score (nSPS) is 13.5. The largest absolute Gasteiger partial charge is 0.328 e. The van der Waals surface area contributed by atoms with Crippen molar-refractivity contribution in [3.63, 3.8) is 0 Å². The van der Waals surface area contributed by atoms with Gasteiger partial charge in [-0.25, -0.2) is 13.1 Å². The first-order valence-corrected chi connectivity index (χ1v) is 7.42. The predicted octanol–water partition coefficient (Wildman–Crippen LogP) is 0.886. The second-order valence-electron chi connectivity index (χ2n) is 4.21. The molecule has 96 valence electrons. The van der Waals surface area contributed by atoms with E-state index in [0.29, 0.717) is 19.4 Å². The fourth-order valence-corrected chi connectivity index (χ4v) is 2.49. The number of aryl methyl sites for hydroxylation is 1. The molecular weight excluding hydrogens is 236 g/mol. The summed E-state index contributed by atoms with van der Waals surface area (Å²) in [5, 5.41) is 0. The Morgan fingerprint density at radius 1 is 1.29 bits per heavy atom. The van der Waals surface area contributed by atoms with Crippen LogP contribution in [0, 0.1) is 0 Å². The lowest BCUT2D eigenvalue weighted by Gasteiger charge is -2.08. The summed E-state index contributed by atoms with van der Waals surface area (Å²) >= 11 is 0. The van der Waals surface area contributed by atoms with Crippen molar-refractivity contribution in [1.29, 1.82) is 0 Å². The lowest BCUT2D eigenvalue weighted by molar-refractivity contribution is 0.571. The third-order valence-electron chi connectivity index (χ3n) is 2.42. The molecule has 0 saturated carbocycles. The predicted molar refractivity (Wildman–Crippen MR) is 70.2 cm³/mol. The third kappa shape index (κ3) is 6.41. The Balaban J connectivity index is 2.35. The molecule has 5 heteroatoms. The van der Waals surface area contributed by atoms with E-state index >= 15 is 0 Å². The van der Waals surface area contributed by atoms with Gasteiger partial charge in [-0.05, 0) is 25.3 Å². The summed E-state index contributed by atoms with van der Waals surface area (Å²) in [6, 6.07) is 9.61. The molecule has 0 heterocycles. The van der Waals surface area contributed by atoms with Gasteiger partial charge in [0.05, 0.1) is 5.75 Å². The zero-order valence-corrected chi connectivity index (χ0v) is 10.9. The summed E-state index contributed by atoms with van der Waals surface area (Å²) in [7, 11) is -3.18. The number of rotatable bonds is 7. The molecule has 0 aliphatic carbocycles. The minimum atomic E-state index is -3.18. The number of hydrogen-bond acceptors (Lipinski definition) is 3. The summed E-state index contributed by atoms with van der Waals surface area (Å²) in [5.74, 6) is 0.121. The number of nitrogens with one attached hydrogen (secondary N) is 1. The molecule has 0 amide bonds. The van der Waals surface area contributed by atoms with Crippen molar-refractivity contribution in [3.05, 3.63) is 35.9 Å². The summed E-state index contributed by atoms with van der Waals surface area (Å²) in [4.78, 5) is 0. The molecule has 0 aromatic heterocycles. The maximum atomic E-state index is 11.6.